The largest absolute Gasteiger partial charge is 0.478 e. The van der Waals surface area contributed by atoms with Crippen molar-refractivity contribution in [3.05, 3.63) is 71.1 Å². The number of carbonyl (C=O) groups excluding carboxylic acids is 1. The van der Waals surface area contributed by atoms with Crippen LogP contribution in [0, 0.1) is 0 Å². The molecule has 2 aromatic heterocycles. The molecular formula is C29H32F3NO5. The standard InChI is InChI=1S/C29H32F3NO5/c1-2-26(34)37-19-11-9-7-5-3-4-6-8-10-18-36-25-17-14-22-20-24(28(35)38-27(22)33-25)21-12-15-23(16-13-21)29(30,31)32/h2,12-17,20H,1,3-11,18-19H2. The SMILES string of the molecule is C=CC(=O)OCCCCCCCCCCCOc1ccc2cc(-c3ccc(C(F)(F)F)cc3)c(=O)oc2n1. The maximum atomic E-state index is 12.8. The first-order chi connectivity index (χ1) is 18.3. The van der Waals surface area contributed by atoms with Crippen LogP contribution in [0.4, 0.5) is 13.2 Å². The highest BCUT2D eigenvalue weighted by atomic mass is 19.4. The number of pyridine rings is 1. The van der Waals surface area contributed by atoms with Crippen molar-refractivity contribution >= 4 is 17.1 Å². The Kier molecular flexibility index (Phi) is 10.9. The molecule has 0 saturated heterocycles. The highest BCUT2D eigenvalue weighted by molar-refractivity contribution is 5.81. The van der Waals surface area contributed by atoms with Crippen molar-refractivity contribution in [3.63, 3.8) is 0 Å². The van der Waals surface area contributed by atoms with E-state index in [0.29, 0.717) is 30.0 Å². The van der Waals surface area contributed by atoms with Gasteiger partial charge in [-0.05, 0) is 42.7 Å². The molecule has 204 valence electrons. The van der Waals surface area contributed by atoms with Gasteiger partial charge < -0.3 is 13.9 Å². The predicted molar refractivity (Wildman–Crippen MR) is 139 cm³/mol. The molecule has 0 aliphatic rings. The van der Waals surface area contributed by atoms with Gasteiger partial charge in [0.05, 0.1) is 24.3 Å². The van der Waals surface area contributed by atoms with Crippen molar-refractivity contribution in [2.24, 2.45) is 0 Å². The smallest absolute Gasteiger partial charge is 0.416 e. The second-order valence-electron chi connectivity index (χ2n) is 8.97. The third kappa shape index (κ3) is 9.04. The lowest BCUT2D eigenvalue weighted by atomic mass is 10.0. The van der Waals surface area contributed by atoms with Gasteiger partial charge >= 0.3 is 17.8 Å². The molecule has 0 spiro atoms. The zero-order valence-corrected chi connectivity index (χ0v) is 21.2. The number of esters is 1. The van der Waals surface area contributed by atoms with E-state index in [4.69, 9.17) is 13.9 Å². The van der Waals surface area contributed by atoms with Gasteiger partial charge in [0.2, 0.25) is 11.6 Å². The summed E-state index contributed by atoms with van der Waals surface area (Å²) in [5, 5.41) is 0.546. The molecule has 3 rings (SSSR count). The molecule has 3 aromatic rings. The highest BCUT2D eigenvalue weighted by Gasteiger charge is 2.30. The average Bonchev–Trinajstić information content (AvgIpc) is 2.90. The molecule has 0 aliphatic carbocycles. The van der Waals surface area contributed by atoms with Crippen LogP contribution in [-0.2, 0) is 15.7 Å². The fraction of sp³-hybridized carbons (Fsp3) is 0.414. The van der Waals surface area contributed by atoms with Crippen LogP contribution in [0.25, 0.3) is 22.2 Å². The number of aromatic nitrogens is 1. The van der Waals surface area contributed by atoms with Crippen molar-refractivity contribution in [1.29, 1.82) is 0 Å². The maximum Gasteiger partial charge on any atom is 0.416 e. The van der Waals surface area contributed by atoms with Gasteiger partial charge in [0.1, 0.15) is 0 Å². The number of rotatable bonds is 15. The van der Waals surface area contributed by atoms with Gasteiger partial charge in [-0.25, -0.2) is 9.59 Å². The molecule has 38 heavy (non-hydrogen) atoms. The Morgan fingerprint density at radius 2 is 1.50 bits per heavy atom. The van der Waals surface area contributed by atoms with Gasteiger partial charge in [-0.15, -0.1) is 0 Å². The van der Waals surface area contributed by atoms with Crippen molar-refractivity contribution in [2.75, 3.05) is 13.2 Å². The monoisotopic (exact) mass is 531 g/mol. The second-order valence-corrected chi connectivity index (χ2v) is 8.97. The lowest BCUT2D eigenvalue weighted by Crippen LogP contribution is -2.06. The molecule has 0 aliphatic heterocycles. The molecule has 0 radical (unpaired) electrons. The molecule has 0 N–H and O–H groups in total. The van der Waals surface area contributed by atoms with Gasteiger partial charge in [-0.2, -0.15) is 18.2 Å². The molecule has 2 heterocycles. The van der Waals surface area contributed by atoms with Gasteiger partial charge in [0.15, 0.2) is 0 Å². The molecule has 0 bridgehead atoms. The zero-order valence-electron chi connectivity index (χ0n) is 21.2. The summed E-state index contributed by atoms with van der Waals surface area (Å²) in [4.78, 5) is 27.6. The number of unbranched alkanes of at least 4 members (excludes halogenated alkanes) is 8. The van der Waals surface area contributed by atoms with Gasteiger partial charge in [0.25, 0.3) is 0 Å². The number of fused-ring (bicyclic) bond motifs is 1. The normalized spacial score (nSPS) is 11.4. The van der Waals surface area contributed by atoms with Crippen LogP contribution < -0.4 is 10.4 Å². The fourth-order valence-electron chi connectivity index (χ4n) is 3.95. The van der Waals surface area contributed by atoms with Crippen molar-refractivity contribution in [1.82, 2.24) is 4.98 Å². The summed E-state index contributed by atoms with van der Waals surface area (Å²) in [6, 6.07) is 9.30. The Morgan fingerprint density at radius 1 is 0.895 bits per heavy atom. The van der Waals surface area contributed by atoms with E-state index in [-0.39, 0.29) is 17.2 Å². The van der Waals surface area contributed by atoms with Gasteiger partial charge in [0, 0.05) is 17.5 Å². The molecule has 0 amide bonds. The molecule has 9 heteroatoms. The fourth-order valence-corrected chi connectivity index (χ4v) is 3.95. The topological polar surface area (TPSA) is 78.6 Å². The van der Waals surface area contributed by atoms with Crippen LogP contribution in [0.2, 0.25) is 0 Å². The molecule has 0 saturated carbocycles. The summed E-state index contributed by atoms with van der Waals surface area (Å²) in [6.07, 6.45) is 6.32. The summed E-state index contributed by atoms with van der Waals surface area (Å²) in [7, 11) is 0. The minimum Gasteiger partial charge on any atom is -0.478 e. The van der Waals surface area contributed by atoms with Gasteiger partial charge in [-0.1, -0.05) is 63.7 Å². The Balaban J connectivity index is 1.36. The first kappa shape index (κ1) is 28.9. The summed E-state index contributed by atoms with van der Waals surface area (Å²) in [6.45, 7) is 4.31. The Labute approximate surface area is 219 Å². The second kappa shape index (κ2) is 14.4. The molecular weight excluding hydrogens is 499 g/mol. The van der Waals surface area contributed by atoms with Crippen LogP contribution in [0.3, 0.4) is 0 Å². The number of nitrogens with zero attached hydrogens (tertiary/aromatic N) is 1. The number of hydrogen-bond acceptors (Lipinski definition) is 6. The van der Waals surface area contributed by atoms with E-state index in [2.05, 4.69) is 11.6 Å². The van der Waals surface area contributed by atoms with E-state index in [1.54, 1.807) is 18.2 Å². The summed E-state index contributed by atoms with van der Waals surface area (Å²) in [5.74, 6) is -0.0212. The van der Waals surface area contributed by atoms with Crippen LogP contribution in [0.1, 0.15) is 63.4 Å². The predicted octanol–water partition coefficient (Wildman–Crippen LogP) is 7.49. The van der Waals surface area contributed by atoms with Crippen molar-refractivity contribution in [3.8, 4) is 17.0 Å². The van der Waals surface area contributed by atoms with Crippen LogP contribution in [0.15, 0.2) is 64.3 Å². The maximum absolute atomic E-state index is 12.8. The van der Waals surface area contributed by atoms with E-state index in [0.717, 1.165) is 57.1 Å². The van der Waals surface area contributed by atoms with E-state index >= 15 is 0 Å². The number of ether oxygens (including phenoxy) is 2. The van der Waals surface area contributed by atoms with Gasteiger partial charge in [-0.3, -0.25) is 0 Å². The summed E-state index contributed by atoms with van der Waals surface area (Å²) < 4.78 is 54.4. The highest BCUT2D eigenvalue weighted by Crippen LogP contribution is 2.31. The number of carbonyl (C=O) groups is 1. The van der Waals surface area contributed by atoms with Crippen molar-refractivity contribution in [2.45, 2.75) is 64.0 Å². The Morgan fingerprint density at radius 3 is 2.11 bits per heavy atom. The number of benzene rings is 1. The molecule has 6 nitrogen and oxygen atoms in total. The lowest BCUT2D eigenvalue weighted by Gasteiger charge is -2.08. The van der Waals surface area contributed by atoms with Crippen molar-refractivity contribution < 1.29 is 31.9 Å². The first-order valence-electron chi connectivity index (χ1n) is 12.8. The molecule has 0 atom stereocenters. The van der Waals surface area contributed by atoms with Crippen LogP contribution in [0.5, 0.6) is 5.88 Å². The first-order valence-corrected chi connectivity index (χ1v) is 12.8. The third-order valence-corrected chi connectivity index (χ3v) is 6.05. The van der Waals surface area contributed by atoms with E-state index in [1.165, 1.54) is 31.1 Å². The zero-order chi connectivity index (χ0) is 27.4. The van der Waals surface area contributed by atoms with E-state index in [9.17, 15) is 22.8 Å². The summed E-state index contributed by atoms with van der Waals surface area (Å²) in [5.41, 5.74) is -0.858. The Hall–Kier alpha value is -3.62. The molecule has 0 fully saturated rings. The minimum atomic E-state index is -4.45. The minimum absolute atomic E-state index is 0.113. The number of halogens is 3. The number of hydrogen-bond donors (Lipinski definition) is 0. The average molecular weight is 532 g/mol. The van der Waals surface area contributed by atoms with Crippen LogP contribution in [-0.4, -0.2) is 24.2 Å². The van der Waals surface area contributed by atoms with Crippen LogP contribution >= 0.6 is 0 Å². The third-order valence-electron chi connectivity index (χ3n) is 6.05. The quantitative estimate of drug-likeness (QED) is 0.115. The van der Waals surface area contributed by atoms with E-state index < -0.39 is 17.4 Å². The molecule has 1 aromatic carbocycles. The lowest BCUT2D eigenvalue weighted by molar-refractivity contribution is -0.138. The van der Waals surface area contributed by atoms with E-state index in [1.807, 2.05) is 0 Å². The molecule has 0 unspecified atom stereocenters. The Bertz CT molecular complexity index is 1250. The number of alkyl halides is 3. The summed E-state index contributed by atoms with van der Waals surface area (Å²) >= 11 is 0.